The first-order valence-electron chi connectivity index (χ1n) is 7.01. The molecule has 1 aliphatic carbocycles. The van der Waals surface area contributed by atoms with Crippen molar-refractivity contribution in [3.8, 4) is 0 Å². The summed E-state index contributed by atoms with van der Waals surface area (Å²) in [5.41, 5.74) is 2.23. The minimum absolute atomic E-state index is 0.122. The number of rotatable bonds is 5. The molecule has 2 rings (SSSR count). The maximum atomic E-state index is 11.2. The van der Waals surface area contributed by atoms with Gasteiger partial charge < -0.3 is 10.0 Å². The standard InChI is InChI=1S/C16H23NO2/c1-5-17(6-2)12-9-7-11(8-10-12)13-14(15(18)19)16(13,3)4/h7-10,13-14H,5-6H2,1-4H3,(H,18,19). The molecule has 19 heavy (non-hydrogen) atoms. The van der Waals surface area contributed by atoms with Crippen LogP contribution in [0.1, 0.15) is 39.2 Å². The van der Waals surface area contributed by atoms with Gasteiger partial charge in [-0.05, 0) is 37.0 Å². The van der Waals surface area contributed by atoms with Crippen LogP contribution in [0.5, 0.6) is 0 Å². The number of carbonyl (C=O) groups is 1. The normalized spacial score (nSPS) is 24.0. The van der Waals surface area contributed by atoms with Crippen LogP contribution in [0, 0.1) is 11.3 Å². The van der Waals surface area contributed by atoms with Crippen LogP contribution >= 0.6 is 0 Å². The lowest BCUT2D eigenvalue weighted by molar-refractivity contribution is -0.139. The number of anilines is 1. The highest BCUT2D eigenvalue weighted by molar-refractivity contribution is 5.77. The van der Waals surface area contributed by atoms with E-state index in [1.807, 2.05) is 13.8 Å². The molecule has 0 aliphatic heterocycles. The number of aliphatic carboxylic acids is 1. The number of hydrogen-bond donors (Lipinski definition) is 1. The van der Waals surface area contributed by atoms with Crippen molar-refractivity contribution in [1.29, 1.82) is 0 Å². The molecule has 3 heteroatoms. The van der Waals surface area contributed by atoms with Gasteiger partial charge in [0.05, 0.1) is 5.92 Å². The fourth-order valence-electron chi connectivity index (χ4n) is 3.20. The molecular weight excluding hydrogens is 238 g/mol. The SMILES string of the molecule is CCN(CC)c1ccc(C2C(C(=O)O)C2(C)C)cc1. The quantitative estimate of drug-likeness (QED) is 0.883. The van der Waals surface area contributed by atoms with Gasteiger partial charge in [-0.25, -0.2) is 0 Å². The van der Waals surface area contributed by atoms with Gasteiger partial charge in [0.1, 0.15) is 0 Å². The molecule has 0 aromatic heterocycles. The first kappa shape index (κ1) is 13.9. The van der Waals surface area contributed by atoms with Crippen molar-refractivity contribution in [2.24, 2.45) is 11.3 Å². The largest absolute Gasteiger partial charge is 0.481 e. The van der Waals surface area contributed by atoms with Crippen molar-refractivity contribution in [3.05, 3.63) is 29.8 Å². The smallest absolute Gasteiger partial charge is 0.307 e. The lowest BCUT2D eigenvalue weighted by Crippen LogP contribution is -2.21. The van der Waals surface area contributed by atoms with E-state index in [-0.39, 0.29) is 17.3 Å². The average Bonchev–Trinajstić information content (AvgIpc) is 2.95. The first-order valence-corrected chi connectivity index (χ1v) is 7.01. The predicted molar refractivity (Wildman–Crippen MR) is 77.7 cm³/mol. The third-order valence-electron chi connectivity index (χ3n) is 4.47. The molecule has 0 bridgehead atoms. The van der Waals surface area contributed by atoms with Gasteiger partial charge in [-0.15, -0.1) is 0 Å². The Morgan fingerprint density at radius 1 is 1.21 bits per heavy atom. The van der Waals surface area contributed by atoms with Gasteiger partial charge in [0.15, 0.2) is 0 Å². The van der Waals surface area contributed by atoms with Gasteiger partial charge in [-0.2, -0.15) is 0 Å². The van der Waals surface area contributed by atoms with Gasteiger partial charge in [0.25, 0.3) is 0 Å². The summed E-state index contributed by atoms with van der Waals surface area (Å²) < 4.78 is 0. The molecule has 1 aromatic rings. The number of hydrogen-bond acceptors (Lipinski definition) is 2. The number of carboxylic acid groups (broad SMARTS) is 1. The summed E-state index contributed by atoms with van der Waals surface area (Å²) >= 11 is 0. The minimum Gasteiger partial charge on any atom is -0.481 e. The van der Waals surface area contributed by atoms with Crippen LogP contribution in [0.4, 0.5) is 5.69 Å². The highest BCUT2D eigenvalue weighted by Crippen LogP contribution is 2.64. The zero-order valence-corrected chi connectivity index (χ0v) is 12.2. The highest BCUT2D eigenvalue weighted by atomic mass is 16.4. The monoisotopic (exact) mass is 261 g/mol. The van der Waals surface area contributed by atoms with Crippen molar-refractivity contribution < 1.29 is 9.90 Å². The van der Waals surface area contributed by atoms with E-state index in [1.165, 1.54) is 5.69 Å². The molecule has 2 unspecified atom stereocenters. The van der Waals surface area contributed by atoms with Crippen LogP contribution in [0.2, 0.25) is 0 Å². The fraction of sp³-hybridized carbons (Fsp3) is 0.562. The van der Waals surface area contributed by atoms with Gasteiger partial charge in [0, 0.05) is 24.7 Å². The third kappa shape index (κ3) is 2.34. The van der Waals surface area contributed by atoms with Crippen LogP contribution in [-0.4, -0.2) is 24.2 Å². The fourth-order valence-corrected chi connectivity index (χ4v) is 3.20. The summed E-state index contributed by atoms with van der Waals surface area (Å²) in [5.74, 6) is -0.773. The van der Waals surface area contributed by atoms with E-state index in [4.69, 9.17) is 0 Å². The van der Waals surface area contributed by atoms with Crippen LogP contribution in [0.15, 0.2) is 24.3 Å². The van der Waals surface area contributed by atoms with Crippen molar-refractivity contribution in [1.82, 2.24) is 0 Å². The zero-order chi connectivity index (χ0) is 14.2. The molecule has 2 atom stereocenters. The molecule has 1 saturated carbocycles. The summed E-state index contributed by atoms with van der Waals surface area (Å²) in [4.78, 5) is 13.5. The predicted octanol–water partition coefficient (Wildman–Crippen LogP) is 3.36. The molecule has 104 valence electrons. The van der Waals surface area contributed by atoms with E-state index in [0.29, 0.717) is 0 Å². The van der Waals surface area contributed by atoms with Crippen LogP contribution in [0.25, 0.3) is 0 Å². The maximum absolute atomic E-state index is 11.2. The molecule has 1 aliphatic rings. The van der Waals surface area contributed by atoms with E-state index in [1.54, 1.807) is 0 Å². The summed E-state index contributed by atoms with van der Waals surface area (Å²) in [5, 5.41) is 9.23. The summed E-state index contributed by atoms with van der Waals surface area (Å²) in [6.45, 7) is 10.3. The topological polar surface area (TPSA) is 40.5 Å². The van der Waals surface area contributed by atoms with Crippen molar-refractivity contribution in [2.75, 3.05) is 18.0 Å². The van der Waals surface area contributed by atoms with Gasteiger partial charge >= 0.3 is 5.97 Å². The molecule has 0 spiro atoms. The Kier molecular flexibility index (Phi) is 3.57. The highest BCUT2D eigenvalue weighted by Gasteiger charge is 2.62. The van der Waals surface area contributed by atoms with E-state index >= 15 is 0 Å². The third-order valence-corrected chi connectivity index (χ3v) is 4.47. The molecule has 0 saturated heterocycles. The summed E-state index contributed by atoms with van der Waals surface area (Å²) in [7, 11) is 0. The van der Waals surface area contributed by atoms with Gasteiger partial charge in [0.2, 0.25) is 0 Å². The van der Waals surface area contributed by atoms with Crippen LogP contribution in [0.3, 0.4) is 0 Å². The van der Waals surface area contributed by atoms with Crippen LogP contribution in [-0.2, 0) is 4.79 Å². The number of nitrogens with zero attached hydrogens (tertiary/aromatic N) is 1. The molecular formula is C16H23NO2. The summed E-state index contributed by atoms with van der Waals surface area (Å²) in [6.07, 6.45) is 0. The first-order chi connectivity index (χ1) is 8.93. The Hall–Kier alpha value is -1.51. The molecule has 0 amide bonds. The Morgan fingerprint density at radius 2 is 1.74 bits per heavy atom. The Labute approximate surface area is 115 Å². The zero-order valence-electron chi connectivity index (χ0n) is 12.2. The van der Waals surface area contributed by atoms with Gasteiger partial charge in [-0.3, -0.25) is 4.79 Å². The Balaban J connectivity index is 2.18. The Bertz CT molecular complexity index is 460. The van der Waals surface area contributed by atoms with Crippen molar-refractivity contribution in [3.63, 3.8) is 0 Å². The number of benzene rings is 1. The van der Waals surface area contributed by atoms with Crippen LogP contribution < -0.4 is 4.90 Å². The minimum atomic E-state index is -0.678. The second kappa shape index (κ2) is 4.87. The molecule has 1 aromatic carbocycles. The van der Waals surface area contributed by atoms with Crippen molar-refractivity contribution in [2.45, 2.75) is 33.6 Å². The summed E-state index contributed by atoms with van der Waals surface area (Å²) in [6, 6.07) is 8.39. The average molecular weight is 261 g/mol. The number of carboxylic acids is 1. The molecule has 0 radical (unpaired) electrons. The molecule has 1 N–H and O–H groups in total. The lowest BCUT2D eigenvalue weighted by Gasteiger charge is -2.21. The molecule has 0 heterocycles. The van der Waals surface area contributed by atoms with Gasteiger partial charge in [-0.1, -0.05) is 26.0 Å². The second-order valence-corrected chi connectivity index (χ2v) is 5.88. The van der Waals surface area contributed by atoms with E-state index < -0.39 is 5.97 Å². The molecule has 1 fully saturated rings. The van der Waals surface area contributed by atoms with E-state index in [2.05, 4.69) is 43.0 Å². The lowest BCUT2D eigenvalue weighted by atomic mass is 10.0. The van der Waals surface area contributed by atoms with Crippen molar-refractivity contribution >= 4 is 11.7 Å². The Morgan fingerprint density at radius 3 is 2.11 bits per heavy atom. The molecule has 3 nitrogen and oxygen atoms in total. The van der Waals surface area contributed by atoms with E-state index in [9.17, 15) is 9.90 Å². The van der Waals surface area contributed by atoms with E-state index in [0.717, 1.165) is 18.7 Å². The maximum Gasteiger partial charge on any atom is 0.307 e. The second-order valence-electron chi connectivity index (χ2n) is 5.88.